The molecule has 3 fully saturated rings. The summed E-state index contributed by atoms with van der Waals surface area (Å²) in [7, 11) is 0. The highest BCUT2D eigenvalue weighted by Gasteiger charge is 2.55. The second-order valence-corrected chi connectivity index (χ2v) is 8.40. The van der Waals surface area contributed by atoms with E-state index in [1.807, 2.05) is 11.3 Å². The molecular formula is C20H21N3S. The van der Waals surface area contributed by atoms with E-state index in [4.69, 9.17) is 0 Å². The number of thiophene rings is 1. The second kappa shape index (κ2) is 4.72. The standard InChI is InChI=1S/C20H21N3S/c1-2-5-16-14(4-1)15-7-10-23-19(17-6-3-13-24-17)22-11-8-20(23,9-12-22)18(15)21-16/h1-6,13,19,21H,7-12H2/t19-/m0/s1. The average molecular weight is 335 g/mol. The van der Waals surface area contributed by atoms with E-state index in [0.717, 1.165) is 6.42 Å². The lowest BCUT2D eigenvalue weighted by molar-refractivity contribution is -0.148. The van der Waals surface area contributed by atoms with Crippen molar-refractivity contribution in [3.05, 3.63) is 57.9 Å². The van der Waals surface area contributed by atoms with Crippen LogP contribution in [0.1, 0.15) is 35.1 Å². The zero-order valence-corrected chi connectivity index (χ0v) is 14.5. The Kier molecular flexibility index (Phi) is 2.68. The second-order valence-electron chi connectivity index (χ2n) is 7.42. The Morgan fingerprint density at radius 3 is 2.75 bits per heavy atom. The van der Waals surface area contributed by atoms with Crippen molar-refractivity contribution < 1.29 is 0 Å². The molecule has 1 spiro atoms. The lowest BCUT2D eigenvalue weighted by atomic mass is 9.74. The topological polar surface area (TPSA) is 22.3 Å². The maximum Gasteiger partial charge on any atom is 0.0988 e. The number of para-hydroxylation sites is 1. The molecule has 0 aliphatic carbocycles. The van der Waals surface area contributed by atoms with E-state index in [1.54, 1.807) is 5.56 Å². The molecular weight excluding hydrogens is 314 g/mol. The summed E-state index contributed by atoms with van der Waals surface area (Å²) < 4.78 is 0. The first-order chi connectivity index (χ1) is 11.9. The first-order valence-electron chi connectivity index (χ1n) is 9.01. The smallest absolute Gasteiger partial charge is 0.0988 e. The number of piperidine rings is 1. The van der Waals surface area contributed by atoms with E-state index in [2.05, 4.69) is 56.6 Å². The lowest BCUT2D eigenvalue weighted by Gasteiger charge is -2.61. The van der Waals surface area contributed by atoms with Gasteiger partial charge in [0.2, 0.25) is 0 Å². The molecule has 6 heterocycles. The quantitative estimate of drug-likeness (QED) is 0.723. The zero-order valence-electron chi connectivity index (χ0n) is 13.7. The van der Waals surface area contributed by atoms with Gasteiger partial charge in [-0.3, -0.25) is 9.80 Å². The van der Waals surface area contributed by atoms with Crippen LogP contribution in [0.25, 0.3) is 10.9 Å². The predicted molar refractivity (Wildman–Crippen MR) is 98.3 cm³/mol. The molecule has 2 aromatic heterocycles. The summed E-state index contributed by atoms with van der Waals surface area (Å²) >= 11 is 1.91. The summed E-state index contributed by atoms with van der Waals surface area (Å²) in [5, 5.41) is 3.67. The highest BCUT2D eigenvalue weighted by atomic mass is 32.1. The number of nitrogens with zero attached hydrogens (tertiary/aromatic N) is 2. The third kappa shape index (κ3) is 1.59. The van der Waals surface area contributed by atoms with Gasteiger partial charge in [0.25, 0.3) is 0 Å². The number of hydrogen-bond donors (Lipinski definition) is 1. The van der Waals surface area contributed by atoms with Gasteiger partial charge in [0, 0.05) is 41.1 Å². The summed E-state index contributed by atoms with van der Waals surface area (Å²) in [6.07, 6.45) is 4.16. The Bertz CT molecular complexity index is 902. The van der Waals surface area contributed by atoms with Crippen LogP contribution < -0.4 is 0 Å². The summed E-state index contributed by atoms with van der Waals surface area (Å²) in [6.45, 7) is 3.61. The maximum atomic E-state index is 3.84. The maximum absolute atomic E-state index is 3.84. The molecule has 24 heavy (non-hydrogen) atoms. The number of rotatable bonds is 1. The van der Waals surface area contributed by atoms with E-state index in [9.17, 15) is 0 Å². The number of nitrogens with one attached hydrogen (secondary N) is 1. The van der Waals surface area contributed by atoms with E-state index < -0.39 is 0 Å². The molecule has 1 atom stereocenters. The average Bonchev–Trinajstić information content (AvgIpc) is 3.29. The molecule has 4 aliphatic rings. The van der Waals surface area contributed by atoms with Crippen LogP contribution in [0.15, 0.2) is 41.8 Å². The molecule has 7 rings (SSSR count). The molecule has 0 radical (unpaired) electrons. The first-order valence-corrected chi connectivity index (χ1v) is 9.89. The molecule has 3 aromatic rings. The number of fused-ring (bicyclic) bond motifs is 5. The van der Waals surface area contributed by atoms with Gasteiger partial charge in [0.05, 0.1) is 11.7 Å². The number of aromatic nitrogens is 1. The first kappa shape index (κ1) is 13.6. The van der Waals surface area contributed by atoms with Gasteiger partial charge in [-0.15, -0.1) is 11.3 Å². The molecule has 3 nitrogen and oxygen atoms in total. The lowest BCUT2D eigenvalue weighted by Crippen LogP contribution is -2.66. The van der Waals surface area contributed by atoms with Crippen LogP contribution in [0.4, 0.5) is 0 Å². The van der Waals surface area contributed by atoms with E-state index in [1.165, 1.54) is 53.9 Å². The Morgan fingerprint density at radius 2 is 1.92 bits per heavy atom. The minimum absolute atomic E-state index is 0.218. The van der Waals surface area contributed by atoms with E-state index in [-0.39, 0.29) is 5.54 Å². The van der Waals surface area contributed by atoms with E-state index >= 15 is 0 Å². The Hall–Kier alpha value is -1.62. The number of H-pyrrole nitrogens is 1. The summed E-state index contributed by atoms with van der Waals surface area (Å²) in [4.78, 5) is 10.9. The number of benzene rings is 1. The summed E-state index contributed by atoms with van der Waals surface area (Å²) in [6, 6.07) is 13.4. The molecule has 0 unspecified atom stereocenters. The van der Waals surface area contributed by atoms with Crippen LogP contribution in [0.5, 0.6) is 0 Å². The van der Waals surface area contributed by atoms with Gasteiger partial charge in [0.15, 0.2) is 0 Å². The minimum Gasteiger partial charge on any atom is -0.357 e. The SMILES string of the molecule is c1csc([C@H]2N3CCC4(CC3)c3[nH]c5ccccc5c3CCN24)c1. The van der Waals surface area contributed by atoms with Crippen molar-refractivity contribution in [2.45, 2.75) is 31.0 Å². The van der Waals surface area contributed by atoms with Crippen LogP contribution in [-0.4, -0.2) is 34.4 Å². The van der Waals surface area contributed by atoms with Gasteiger partial charge in [0.1, 0.15) is 0 Å². The Balaban J connectivity index is 1.56. The molecule has 0 amide bonds. The Labute approximate surface area is 145 Å². The number of aromatic amines is 1. The van der Waals surface area contributed by atoms with Crippen molar-refractivity contribution in [3.8, 4) is 0 Å². The molecule has 1 aromatic carbocycles. The molecule has 4 heteroatoms. The van der Waals surface area contributed by atoms with Gasteiger partial charge in [-0.25, -0.2) is 0 Å². The van der Waals surface area contributed by atoms with E-state index in [0.29, 0.717) is 6.17 Å². The van der Waals surface area contributed by atoms with Gasteiger partial charge >= 0.3 is 0 Å². The van der Waals surface area contributed by atoms with Crippen LogP contribution >= 0.6 is 11.3 Å². The molecule has 3 saturated heterocycles. The Morgan fingerprint density at radius 1 is 1.04 bits per heavy atom. The summed E-state index contributed by atoms with van der Waals surface area (Å²) in [5.74, 6) is 0. The van der Waals surface area contributed by atoms with Crippen molar-refractivity contribution in [3.63, 3.8) is 0 Å². The molecule has 2 bridgehead atoms. The normalized spacial score (nSPS) is 32.0. The van der Waals surface area contributed by atoms with Crippen LogP contribution in [0, 0.1) is 0 Å². The van der Waals surface area contributed by atoms with Crippen molar-refractivity contribution in [1.82, 2.24) is 14.8 Å². The van der Waals surface area contributed by atoms with Gasteiger partial charge in [-0.2, -0.15) is 0 Å². The molecule has 0 saturated carbocycles. The fourth-order valence-electron chi connectivity index (χ4n) is 5.45. The van der Waals surface area contributed by atoms with Crippen LogP contribution in [-0.2, 0) is 12.0 Å². The molecule has 122 valence electrons. The van der Waals surface area contributed by atoms with Crippen molar-refractivity contribution >= 4 is 22.2 Å². The highest BCUT2D eigenvalue weighted by Crippen LogP contribution is 2.54. The predicted octanol–water partition coefficient (Wildman–Crippen LogP) is 4.09. The third-order valence-electron chi connectivity index (χ3n) is 6.50. The van der Waals surface area contributed by atoms with Crippen molar-refractivity contribution in [1.29, 1.82) is 0 Å². The zero-order chi connectivity index (χ0) is 15.7. The summed E-state index contributed by atoms with van der Waals surface area (Å²) in [5.41, 5.74) is 4.65. The number of hydrogen-bond acceptors (Lipinski definition) is 3. The van der Waals surface area contributed by atoms with Gasteiger partial charge < -0.3 is 4.98 Å². The monoisotopic (exact) mass is 335 g/mol. The van der Waals surface area contributed by atoms with Crippen molar-refractivity contribution in [2.75, 3.05) is 19.6 Å². The fraction of sp³-hybridized carbons (Fsp3) is 0.400. The highest BCUT2D eigenvalue weighted by molar-refractivity contribution is 7.10. The fourth-order valence-corrected chi connectivity index (χ4v) is 6.32. The molecule has 1 N–H and O–H groups in total. The third-order valence-corrected chi connectivity index (χ3v) is 7.41. The molecule has 4 aliphatic heterocycles. The van der Waals surface area contributed by atoms with Gasteiger partial charge in [-0.1, -0.05) is 24.3 Å². The van der Waals surface area contributed by atoms with Crippen LogP contribution in [0.2, 0.25) is 0 Å². The van der Waals surface area contributed by atoms with Crippen LogP contribution in [0.3, 0.4) is 0 Å². The van der Waals surface area contributed by atoms with Gasteiger partial charge in [-0.05, 0) is 42.3 Å². The minimum atomic E-state index is 0.218. The largest absolute Gasteiger partial charge is 0.357 e. The van der Waals surface area contributed by atoms with Crippen molar-refractivity contribution in [2.24, 2.45) is 0 Å².